The minimum atomic E-state index is -1.34. The van der Waals surface area contributed by atoms with Gasteiger partial charge >= 0.3 is 5.97 Å². The lowest BCUT2D eigenvalue weighted by molar-refractivity contribution is -0.173. The van der Waals surface area contributed by atoms with Crippen LogP contribution in [0.3, 0.4) is 0 Å². The van der Waals surface area contributed by atoms with Crippen molar-refractivity contribution in [1.82, 2.24) is 0 Å². The molecular formula is C12H22O7. The van der Waals surface area contributed by atoms with E-state index < -0.39 is 12.3 Å². The molecule has 0 aromatic carbocycles. The lowest BCUT2D eigenvalue weighted by atomic mass is 10.3. The Kier molecular flexibility index (Phi) is 11.2. The van der Waals surface area contributed by atoms with E-state index in [-0.39, 0.29) is 32.0 Å². The first-order valence-electron chi connectivity index (χ1n) is 6.05. The maximum Gasteiger partial charge on any atom is 0.339 e. The lowest BCUT2D eigenvalue weighted by Crippen LogP contribution is -2.24. The van der Waals surface area contributed by atoms with Crippen molar-refractivity contribution >= 4 is 5.97 Å². The third-order valence-electron chi connectivity index (χ3n) is 1.86. The van der Waals surface area contributed by atoms with Gasteiger partial charge in [0.25, 0.3) is 0 Å². The summed E-state index contributed by atoms with van der Waals surface area (Å²) in [6, 6.07) is 0. The van der Waals surface area contributed by atoms with Gasteiger partial charge in [-0.15, -0.1) is 0 Å². The molecule has 0 saturated heterocycles. The second kappa shape index (κ2) is 11.9. The third-order valence-corrected chi connectivity index (χ3v) is 1.86. The maximum atomic E-state index is 11.4. The van der Waals surface area contributed by atoms with E-state index in [1.165, 1.54) is 13.2 Å². The maximum absolute atomic E-state index is 11.4. The van der Waals surface area contributed by atoms with Crippen molar-refractivity contribution in [1.29, 1.82) is 0 Å². The zero-order valence-corrected chi connectivity index (χ0v) is 11.3. The van der Waals surface area contributed by atoms with Gasteiger partial charge in [-0.25, -0.2) is 4.79 Å². The first kappa shape index (κ1) is 17.8. The molecule has 0 saturated carbocycles. The molecule has 0 amide bonds. The van der Waals surface area contributed by atoms with Crippen molar-refractivity contribution in [2.75, 3.05) is 39.6 Å². The minimum absolute atomic E-state index is 0.0499. The average Bonchev–Trinajstić information content (AvgIpc) is 2.39. The molecule has 0 aromatic heterocycles. The molecule has 1 unspecified atom stereocenters. The number of ether oxygens (including phenoxy) is 4. The number of aliphatic hydroxyl groups excluding tert-OH is 2. The highest BCUT2D eigenvalue weighted by molar-refractivity contribution is 5.87. The van der Waals surface area contributed by atoms with E-state index in [4.69, 9.17) is 24.1 Å². The fraction of sp³-hybridized carbons (Fsp3) is 0.750. The summed E-state index contributed by atoms with van der Waals surface area (Å²) >= 11 is 0. The number of carbonyl (C=O) groups is 1. The molecule has 0 rings (SSSR count). The molecule has 0 aliphatic heterocycles. The van der Waals surface area contributed by atoms with Crippen LogP contribution in [-0.4, -0.2) is 62.1 Å². The molecule has 0 aliphatic carbocycles. The standard InChI is InChI=1S/C12H22O7/c1-3-16-8-10(2)12(15)19-11(14)9-18-7-6-17-5-4-13/h8,11,13-14H,3-7,9H2,1-2H3/b10-8+. The van der Waals surface area contributed by atoms with Crippen molar-refractivity contribution in [3.8, 4) is 0 Å². The fourth-order valence-electron chi connectivity index (χ4n) is 0.976. The van der Waals surface area contributed by atoms with Crippen LogP contribution < -0.4 is 0 Å². The topological polar surface area (TPSA) is 94.5 Å². The molecule has 0 fully saturated rings. The molecule has 112 valence electrons. The summed E-state index contributed by atoms with van der Waals surface area (Å²) in [7, 11) is 0. The molecule has 19 heavy (non-hydrogen) atoms. The van der Waals surface area contributed by atoms with E-state index in [2.05, 4.69) is 0 Å². The van der Waals surface area contributed by atoms with Gasteiger partial charge in [-0.2, -0.15) is 0 Å². The molecule has 2 N–H and O–H groups in total. The number of hydrogen-bond donors (Lipinski definition) is 2. The highest BCUT2D eigenvalue weighted by Gasteiger charge is 2.13. The molecule has 7 heteroatoms. The molecule has 1 atom stereocenters. The number of esters is 1. The van der Waals surface area contributed by atoms with Crippen LogP contribution in [0.1, 0.15) is 13.8 Å². The third kappa shape index (κ3) is 10.5. The Morgan fingerprint density at radius 1 is 1.26 bits per heavy atom. The van der Waals surface area contributed by atoms with E-state index >= 15 is 0 Å². The van der Waals surface area contributed by atoms with Crippen LogP contribution in [0.2, 0.25) is 0 Å². The Morgan fingerprint density at radius 2 is 1.95 bits per heavy atom. The Balaban J connectivity index is 3.67. The summed E-state index contributed by atoms with van der Waals surface area (Å²) in [5, 5.41) is 17.8. The lowest BCUT2D eigenvalue weighted by Gasteiger charge is -2.12. The van der Waals surface area contributed by atoms with Crippen LogP contribution in [0.5, 0.6) is 0 Å². The van der Waals surface area contributed by atoms with Gasteiger partial charge in [-0.3, -0.25) is 0 Å². The first-order valence-corrected chi connectivity index (χ1v) is 6.05. The summed E-state index contributed by atoms with van der Waals surface area (Å²) in [6.07, 6.45) is -0.0612. The Bertz CT molecular complexity index is 265. The van der Waals surface area contributed by atoms with Gasteiger partial charge in [0.1, 0.15) is 6.61 Å². The van der Waals surface area contributed by atoms with Gasteiger partial charge in [0, 0.05) is 0 Å². The molecule has 0 heterocycles. The summed E-state index contributed by atoms with van der Waals surface area (Å²) in [6.45, 7) is 4.34. The zero-order chi connectivity index (χ0) is 14.5. The normalized spacial score (nSPS) is 13.2. The van der Waals surface area contributed by atoms with E-state index in [1.807, 2.05) is 0 Å². The van der Waals surface area contributed by atoms with E-state index in [9.17, 15) is 9.90 Å². The molecule has 0 aromatic rings. The number of hydrogen-bond acceptors (Lipinski definition) is 7. The summed E-state index contributed by atoms with van der Waals surface area (Å²) < 4.78 is 19.6. The van der Waals surface area contributed by atoms with Crippen molar-refractivity contribution in [2.24, 2.45) is 0 Å². The van der Waals surface area contributed by atoms with Crippen LogP contribution in [0.4, 0.5) is 0 Å². The monoisotopic (exact) mass is 278 g/mol. The zero-order valence-electron chi connectivity index (χ0n) is 11.3. The van der Waals surface area contributed by atoms with Gasteiger partial charge in [-0.1, -0.05) is 0 Å². The highest BCUT2D eigenvalue weighted by Crippen LogP contribution is 2.00. The first-order chi connectivity index (χ1) is 9.11. The van der Waals surface area contributed by atoms with Crippen molar-refractivity contribution in [2.45, 2.75) is 20.1 Å². The Morgan fingerprint density at radius 3 is 2.58 bits per heavy atom. The quantitative estimate of drug-likeness (QED) is 0.178. The number of carbonyl (C=O) groups excluding carboxylic acids is 1. The predicted octanol–water partition coefficient (Wildman–Crippen LogP) is -0.186. The summed E-state index contributed by atoms with van der Waals surface area (Å²) in [5.74, 6) is -0.666. The van der Waals surface area contributed by atoms with Crippen LogP contribution in [0.25, 0.3) is 0 Å². The summed E-state index contributed by atoms with van der Waals surface area (Å²) in [4.78, 5) is 11.4. The Labute approximate surface area is 112 Å². The second-order valence-corrected chi connectivity index (χ2v) is 3.53. The number of rotatable bonds is 11. The molecular weight excluding hydrogens is 256 g/mol. The van der Waals surface area contributed by atoms with Crippen molar-refractivity contribution < 1.29 is 34.0 Å². The summed E-state index contributed by atoms with van der Waals surface area (Å²) in [5.41, 5.74) is 0.257. The largest absolute Gasteiger partial charge is 0.501 e. The molecule has 0 spiro atoms. The van der Waals surface area contributed by atoms with Gasteiger partial charge < -0.3 is 29.2 Å². The van der Waals surface area contributed by atoms with E-state index in [0.29, 0.717) is 13.2 Å². The van der Waals surface area contributed by atoms with Gasteiger partial charge in [-0.05, 0) is 13.8 Å². The van der Waals surface area contributed by atoms with Crippen molar-refractivity contribution in [3.05, 3.63) is 11.8 Å². The predicted molar refractivity (Wildman–Crippen MR) is 66.2 cm³/mol. The Hall–Kier alpha value is -1.15. The van der Waals surface area contributed by atoms with Crippen LogP contribution >= 0.6 is 0 Å². The fourth-order valence-corrected chi connectivity index (χ4v) is 0.976. The average molecular weight is 278 g/mol. The SMILES string of the molecule is CCO/C=C(\C)C(=O)OC(O)COCCOCCO. The van der Waals surface area contributed by atoms with Gasteiger partial charge in [0.2, 0.25) is 6.29 Å². The molecule has 7 nitrogen and oxygen atoms in total. The highest BCUT2D eigenvalue weighted by atomic mass is 16.7. The molecule has 0 bridgehead atoms. The second-order valence-electron chi connectivity index (χ2n) is 3.53. The molecule has 0 aliphatic rings. The van der Waals surface area contributed by atoms with Crippen molar-refractivity contribution in [3.63, 3.8) is 0 Å². The van der Waals surface area contributed by atoms with Gasteiger partial charge in [0.15, 0.2) is 0 Å². The van der Waals surface area contributed by atoms with E-state index in [0.717, 1.165) is 0 Å². The van der Waals surface area contributed by atoms with Crippen LogP contribution in [0, 0.1) is 0 Å². The smallest absolute Gasteiger partial charge is 0.339 e. The van der Waals surface area contributed by atoms with E-state index in [1.54, 1.807) is 6.92 Å². The van der Waals surface area contributed by atoms with Crippen LogP contribution in [0.15, 0.2) is 11.8 Å². The number of aliphatic hydroxyl groups is 2. The minimum Gasteiger partial charge on any atom is -0.501 e. The molecule has 0 radical (unpaired) electrons. The van der Waals surface area contributed by atoms with Crippen LogP contribution in [-0.2, 0) is 23.7 Å². The van der Waals surface area contributed by atoms with Gasteiger partial charge in [0.05, 0.1) is 44.9 Å².